The third-order valence-corrected chi connectivity index (χ3v) is 4.52. The van der Waals surface area contributed by atoms with Crippen LogP contribution in [0.15, 0.2) is 28.7 Å². The van der Waals surface area contributed by atoms with Gasteiger partial charge in [-0.05, 0) is 42.9 Å². The first-order valence-electron chi connectivity index (χ1n) is 6.70. The molecular formula is C15H22BrN. The summed E-state index contributed by atoms with van der Waals surface area (Å²) in [5, 5.41) is 3.60. The van der Waals surface area contributed by atoms with E-state index in [1.807, 2.05) is 0 Å². The van der Waals surface area contributed by atoms with E-state index >= 15 is 0 Å². The van der Waals surface area contributed by atoms with E-state index in [1.165, 1.54) is 42.3 Å². The third-order valence-electron chi connectivity index (χ3n) is 3.75. The maximum Gasteiger partial charge on any atom is 0.0220 e. The average molecular weight is 296 g/mol. The topological polar surface area (TPSA) is 12.0 Å². The zero-order chi connectivity index (χ0) is 12.1. The molecule has 1 aromatic rings. The van der Waals surface area contributed by atoms with E-state index in [0.717, 1.165) is 18.4 Å². The van der Waals surface area contributed by atoms with Crippen molar-refractivity contribution in [3.8, 4) is 0 Å². The normalized spacial score (nSPS) is 24.8. The second-order valence-corrected chi connectivity index (χ2v) is 6.21. The Morgan fingerprint density at radius 3 is 2.88 bits per heavy atom. The molecule has 1 aliphatic rings. The van der Waals surface area contributed by atoms with Crippen molar-refractivity contribution < 1.29 is 0 Å². The van der Waals surface area contributed by atoms with Crippen molar-refractivity contribution in [2.75, 3.05) is 6.54 Å². The Hall–Kier alpha value is -0.340. The highest BCUT2D eigenvalue weighted by Crippen LogP contribution is 2.28. The van der Waals surface area contributed by atoms with E-state index < -0.39 is 0 Å². The number of rotatable bonds is 4. The van der Waals surface area contributed by atoms with E-state index in [0.29, 0.717) is 0 Å². The van der Waals surface area contributed by atoms with Gasteiger partial charge in [0.05, 0.1) is 0 Å². The monoisotopic (exact) mass is 295 g/mol. The fourth-order valence-electron chi connectivity index (χ4n) is 2.80. The molecule has 17 heavy (non-hydrogen) atoms. The lowest BCUT2D eigenvalue weighted by atomic mass is 9.82. The van der Waals surface area contributed by atoms with Gasteiger partial charge in [0, 0.05) is 11.0 Å². The number of nitrogens with one attached hydrogen (secondary N) is 1. The van der Waals surface area contributed by atoms with Crippen molar-refractivity contribution in [2.24, 2.45) is 11.8 Å². The van der Waals surface area contributed by atoms with E-state index in [9.17, 15) is 0 Å². The molecule has 94 valence electrons. The third kappa shape index (κ3) is 4.11. The number of hydrogen-bond donors (Lipinski definition) is 1. The van der Waals surface area contributed by atoms with Gasteiger partial charge in [-0.15, -0.1) is 0 Å². The fourth-order valence-corrected chi connectivity index (χ4v) is 3.22. The summed E-state index contributed by atoms with van der Waals surface area (Å²) in [6.07, 6.45) is 5.67. The first-order valence-corrected chi connectivity index (χ1v) is 7.49. The van der Waals surface area contributed by atoms with Crippen LogP contribution in [-0.4, -0.2) is 6.54 Å². The number of benzene rings is 1. The lowest BCUT2D eigenvalue weighted by Gasteiger charge is -2.26. The first-order chi connectivity index (χ1) is 8.25. The van der Waals surface area contributed by atoms with E-state index in [1.54, 1.807) is 0 Å². The minimum atomic E-state index is 0.890. The first kappa shape index (κ1) is 13.1. The smallest absolute Gasteiger partial charge is 0.0220 e. The molecule has 0 spiro atoms. The predicted octanol–water partition coefficient (Wildman–Crippen LogP) is 4.37. The Labute approximate surface area is 113 Å². The van der Waals surface area contributed by atoms with Gasteiger partial charge in [0.1, 0.15) is 0 Å². The van der Waals surface area contributed by atoms with Crippen molar-refractivity contribution >= 4 is 15.9 Å². The van der Waals surface area contributed by atoms with Crippen LogP contribution >= 0.6 is 15.9 Å². The second kappa shape index (κ2) is 6.55. The molecular weight excluding hydrogens is 274 g/mol. The molecule has 1 nitrogen and oxygen atoms in total. The Balaban J connectivity index is 1.74. The van der Waals surface area contributed by atoms with Crippen LogP contribution in [0.1, 0.15) is 38.2 Å². The Morgan fingerprint density at radius 1 is 1.29 bits per heavy atom. The van der Waals surface area contributed by atoms with Gasteiger partial charge >= 0.3 is 0 Å². The molecule has 0 heterocycles. The molecule has 1 saturated carbocycles. The molecule has 0 aromatic heterocycles. The molecule has 1 fully saturated rings. The van der Waals surface area contributed by atoms with Crippen LogP contribution in [-0.2, 0) is 6.54 Å². The number of hydrogen-bond acceptors (Lipinski definition) is 1. The maximum absolute atomic E-state index is 3.60. The Morgan fingerprint density at radius 2 is 2.12 bits per heavy atom. The molecule has 1 N–H and O–H groups in total. The minimum Gasteiger partial charge on any atom is -0.312 e. The molecule has 0 saturated heterocycles. The summed E-state index contributed by atoms with van der Waals surface area (Å²) in [4.78, 5) is 0. The average Bonchev–Trinajstić information content (AvgIpc) is 2.32. The summed E-state index contributed by atoms with van der Waals surface area (Å²) in [7, 11) is 0. The van der Waals surface area contributed by atoms with Gasteiger partial charge in [0.25, 0.3) is 0 Å². The van der Waals surface area contributed by atoms with Crippen LogP contribution in [0.25, 0.3) is 0 Å². The van der Waals surface area contributed by atoms with Gasteiger partial charge in [-0.2, -0.15) is 0 Å². The summed E-state index contributed by atoms with van der Waals surface area (Å²) in [5.41, 5.74) is 1.36. The van der Waals surface area contributed by atoms with Crippen LogP contribution in [0.3, 0.4) is 0 Å². The van der Waals surface area contributed by atoms with Gasteiger partial charge in [-0.1, -0.05) is 53.9 Å². The Kier molecular flexibility index (Phi) is 5.05. The van der Waals surface area contributed by atoms with E-state index in [4.69, 9.17) is 0 Å². The predicted molar refractivity (Wildman–Crippen MR) is 77.0 cm³/mol. The zero-order valence-corrected chi connectivity index (χ0v) is 12.2. The van der Waals surface area contributed by atoms with Crippen LogP contribution in [0, 0.1) is 11.8 Å². The molecule has 2 heteroatoms. The SMILES string of the molecule is CC1CCCC(CNCc2ccccc2Br)C1. The lowest BCUT2D eigenvalue weighted by Crippen LogP contribution is -2.26. The van der Waals surface area contributed by atoms with Gasteiger partial charge in [0.15, 0.2) is 0 Å². The molecule has 0 amide bonds. The van der Waals surface area contributed by atoms with E-state index in [2.05, 4.69) is 52.4 Å². The molecule has 2 unspecified atom stereocenters. The highest BCUT2D eigenvalue weighted by molar-refractivity contribution is 9.10. The standard InChI is InChI=1S/C15H22BrN/c1-12-5-4-6-13(9-12)10-17-11-14-7-2-3-8-15(14)16/h2-3,7-8,12-13,17H,4-6,9-11H2,1H3. The van der Waals surface area contributed by atoms with Crippen LogP contribution in [0.4, 0.5) is 0 Å². The van der Waals surface area contributed by atoms with Gasteiger partial charge < -0.3 is 5.32 Å². The molecule has 1 aliphatic carbocycles. The highest BCUT2D eigenvalue weighted by atomic mass is 79.9. The molecule has 1 aromatic carbocycles. The highest BCUT2D eigenvalue weighted by Gasteiger charge is 2.18. The quantitative estimate of drug-likeness (QED) is 0.870. The van der Waals surface area contributed by atoms with Crippen LogP contribution in [0.5, 0.6) is 0 Å². The van der Waals surface area contributed by atoms with Crippen molar-refractivity contribution in [1.29, 1.82) is 0 Å². The minimum absolute atomic E-state index is 0.890. The van der Waals surface area contributed by atoms with Gasteiger partial charge in [-0.3, -0.25) is 0 Å². The fraction of sp³-hybridized carbons (Fsp3) is 0.600. The Bertz CT molecular complexity index is 351. The van der Waals surface area contributed by atoms with Crippen molar-refractivity contribution in [3.05, 3.63) is 34.3 Å². The second-order valence-electron chi connectivity index (χ2n) is 5.36. The summed E-state index contributed by atoms with van der Waals surface area (Å²) in [6.45, 7) is 4.54. The molecule has 2 atom stereocenters. The summed E-state index contributed by atoms with van der Waals surface area (Å²) in [5.74, 6) is 1.82. The maximum atomic E-state index is 3.60. The molecule has 2 rings (SSSR count). The molecule has 0 bridgehead atoms. The summed E-state index contributed by atoms with van der Waals surface area (Å²) >= 11 is 3.59. The number of halogens is 1. The molecule has 0 aliphatic heterocycles. The summed E-state index contributed by atoms with van der Waals surface area (Å²) < 4.78 is 1.21. The van der Waals surface area contributed by atoms with E-state index in [-0.39, 0.29) is 0 Å². The lowest BCUT2D eigenvalue weighted by molar-refractivity contribution is 0.274. The van der Waals surface area contributed by atoms with Crippen molar-refractivity contribution in [3.63, 3.8) is 0 Å². The summed E-state index contributed by atoms with van der Waals surface area (Å²) in [6, 6.07) is 8.46. The molecule has 0 radical (unpaired) electrons. The van der Waals surface area contributed by atoms with Gasteiger partial charge in [-0.25, -0.2) is 0 Å². The van der Waals surface area contributed by atoms with Crippen molar-refractivity contribution in [2.45, 2.75) is 39.2 Å². The van der Waals surface area contributed by atoms with Gasteiger partial charge in [0.2, 0.25) is 0 Å². The zero-order valence-electron chi connectivity index (χ0n) is 10.6. The largest absolute Gasteiger partial charge is 0.312 e. The van der Waals surface area contributed by atoms with Crippen LogP contribution in [0.2, 0.25) is 0 Å². The van der Waals surface area contributed by atoms with Crippen LogP contribution < -0.4 is 5.32 Å². The van der Waals surface area contributed by atoms with Crippen molar-refractivity contribution in [1.82, 2.24) is 5.32 Å².